The lowest BCUT2D eigenvalue weighted by molar-refractivity contribution is -0.140. The highest BCUT2D eigenvalue weighted by Gasteiger charge is 2.50. The first-order valence-corrected chi connectivity index (χ1v) is 44.6. The third-order valence-electron chi connectivity index (χ3n) is 25.1. The number of amidine groups is 2. The zero-order valence-corrected chi connectivity index (χ0v) is 86.5. The standard InChI is InChI=1S/C48H57N7O7.C44H51N5O5.C7H13NO4.7H2S/c1-28(2)41(51-46(58)60-5)44(56)54-21-7-9-39(54)38-24-35(25-49-38)33-17-13-31(14-18-33)30-11-15-32(16-12-30)34-19-20-36-37(23-34)50-43(53-48(36)26-62-27-48)40-10-8-22-55(40)45(57)42(29(3)4)52-47(59)61-6;1-42(2,3)53-40(50)48-21-7-9-37(48)36-24-33(25-45-36)31-17-13-29(14-18-31)28-11-15-30(16-12-28)32-19-20-34-35(23-32)46-39(47-44(34)26-52-27-44)38-10-8-22-49(38)41(51)54-43(4,5)6;1-4(2)5(6(9)10)8-7(11)12-3;;;;;;;/h11-20,23,25,28-29,39-42H,7-10,21-22,24,26-27H2,1-6H3,(H,50,53)(H,51,58)(H,52,59);11-20,23,25,37-38H,7-10,21-22,24,26-27H2,1-6H3,(H,46,47);4-5H,1-3H3,(H,8,11)(H,9,10);7*1H2/t39-,40-,41-,42-;37-,38-;5-;;;;;;;/m000......./s1. The van der Waals surface area contributed by atoms with E-state index >= 15 is 0 Å². The smallest absolute Gasteiger partial charge is 0.410 e. The molecule has 36 heteroatoms. The van der Waals surface area contributed by atoms with E-state index in [9.17, 15) is 38.4 Å². The molecule has 10 aliphatic heterocycles. The van der Waals surface area contributed by atoms with Crippen LogP contribution in [0.25, 0.3) is 55.7 Å². The number of carbonyl (C=O) groups excluding carboxylic acids is 7. The monoisotopic (exact) mass is 1990 g/mol. The van der Waals surface area contributed by atoms with Gasteiger partial charge in [0.2, 0.25) is 11.8 Å². The van der Waals surface area contributed by atoms with Crippen molar-refractivity contribution in [2.75, 3.05) is 84.6 Å². The fraction of sp³-hybridized carbons (Fsp3) is 0.475. The van der Waals surface area contributed by atoms with Gasteiger partial charge in [-0.3, -0.25) is 39.4 Å². The van der Waals surface area contributed by atoms with E-state index in [0.29, 0.717) is 59.0 Å². The number of hydrogen-bond acceptors (Lipinski definition) is 21. The maximum absolute atomic E-state index is 13.9. The van der Waals surface area contributed by atoms with Crippen molar-refractivity contribution in [1.29, 1.82) is 0 Å². The number of benzene rings is 6. The highest BCUT2D eigenvalue weighted by molar-refractivity contribution is 7.60. The van der Waals surface area contributed by atoms with Gasteiger partial charge in [-0.25, -0.2) is 28.8 Å². The van der Waals surface area contributed by atoms with Crippen LogP contribution in [0.15, 0.2) is 166 Å². The number of carboxylic acids is 1. The summed E-state index contributed by atoms with van der Waals surface area (Å²) >= 11 is 0. The topological polar surface area (TPSA) is 344 Å². The van der Waals surface area contributed by atoms with Crippen LogP contribution in [0.4, 0.5) is 35.3 Å². The zero-order chi connectivity index (χ0) is 91.3. The molecule has 0 radical (unpaired) electrons. The number of nitrogens with one attached hydrogen (secondary N) is 5. The van der Waals surface area contributed by atoms with Gasteiger partial charge in [-0.1, -0.05) is 163 Å². The number of fused-ring (bicyclic) bond motifs is 4. The molecule has 6 N–H and O–H groups in total. The van der Waals surface area contributed by atoms with Gasteiger partial charge in [0.15, 0.2) is 0 Å². The first-order chi connectivity index (χ1) is 61.1. The van der Waals surface area contributed by atoms with Crippen LogP contribution in [0, 0.1) is 17.8 Å². The molecule has 6 aromatic carbocycles. The van der Waals surface area contributed by atoms with E-state index in [2.05, 4.69) is 165 Å². The first-order valence-electron chi connectivity index (χ1n) is 44.6. The Kier molecular flexibility index (Phi) is 39.9. The van der Waals surface area contributed by atoms with Gasteiger partial charge in [-0.05, 0) is 190 Å². The van der Waals surface area contributed by atoms with Crippen molar-refractivity contribution in [1.82, 2.24) is 35.6 Å². The molecule has 135 heavy (non-hydrogen) atoms. The number of anilines is 2. The molecular formula is C99H135N13O16S7. The Hall–Kier alpha value is -9.79. The van der Waals surface area contributed by atoms with Crippen molar-refractivity contribution >= 4 is 188 Å². The summed E-state index contributed by atoms with van der Waals surface area (Å²) in [7, 11) is 3.79. The lowest BCUT2D eigenvalue weighted by atomic mass is 9.84. The Labute approximate surface area is 841 Å². The summed E-state index contributed by atoms with van der Waals surface area (Å²) in [6.07, 6.45) is 9.70. The number of allylic oxidation sites excluding steroid dienone is 2. The Morgan fingerprint density at radius 3 is 0.978 bits per heavy atom. The van der Waals surface area contributed by atoms with Crippen LogP contribution >= 0.6 is 94.5 Å². The SMILES string of the molecule is CC(C)(C)OC(=O)N1CCC[C@H]1C1=NC=C(c2ccc(-c3ccc(-c4ccc5c(c4)NC([C@@H]4CCCN4C(=O)OC(C)(C)C)=NC54COC4)cc3)cc2)C1.COC(=O)N[C@H](C(=O)N1CCC[C@H]1C1=NC=C(c2ccc(-c3ccc(-c4ccc5c(c4)NC([C@@H]4CCCN4C(=O)[C@@H](NC(=O)OC)C(C)C)=NC54COC4)cc3)cc2)C1)C(C)C.COC(=O)N[C@H](C(=O)O)C(C)C.S.S.S.S.S.S.S. The summed E-state index contributed by atoms with van der Waals surface area (Å²) < 4.78 is 36.8. The quantitative estimate of drug-likeness (QED) is 0.0410. The van der Waals surface area contributed by atoms with E-state index < -0.39 is 64.7 Å². The number of aliphatic imine (C=N–C) groups is 4. The maximum Gasteiger partial charge on any atom is 0.410 e. The Balaban J connectivity index is 0.000000315. The molecule has 6 aromatic rings. The van der Waals surface area contributed by atoms with Crippen molar-refractivity contribution in [3.8, 4) is 44.5 Å². The van der Waals surface area contributed by atoms with Crippen molar-refractivity contribution in [2.24, 2.45) is 37.7 Å². The molecule has 734 valence electrons. The first kappa shape index (κ1) is 112. The van der Waals surface area contributed by atoms with Gasteiger partial charge in [-0.15, -0.1) is 0 Å². The normalized spacial score (nSPS) is 19.5. The second-order valence-electron chi connectivity index (χ2n) is 37.5. The number of likely N-dealkylation sites (tertiary alicyclic amines) is 4. The summed E-state index contributed by atoms with van der Waals surface area (Å²) in [5, 5.41) is 23.5. The van der Waals surface area contributed by atoms with Crippen LogP contribution in [-0.4, -0.2) is 223 Å². The molecule has 0 bridgehead atoms. The van der Waals surface area contributed by atoms with Gasteiger partial charge >= 0.3 is 36.4 Å². The minimum absolute atomic E-state index is 0. The Morgan fingerprint density at radius 2 is 0.674 bits per heavy atom. The number of rotatable bonds is 19. The summed E-state index contributed by atoms with van der Waals surface area (Å²) in [4.78, 5) is 126. The molecule has 10 heterocycles. The second kappa shape index (κ2) is 48.0. The molecule has 0 saturated carbocycles. The third-order valence-corrected chi connectivity index (χ3v) is 25.1. The van der Waals surface area contributed by atoms with E-state index in [1.807, 2.05) is 101 Å². The van der Waals surface area contributed by atoms with E-state index in [1.54, 1.807) is 13.8 Å². The lowest BCUT2D eigenvalue weighted by Gasteiger charge is -2.44. The highest BCUT2D eigenvalue weighted by Crippen LogP contribution is 2.47. The van der Waals surface area contributed by atoms with Crippen LogP contribution in [0.2, 0.25) is 0 Å². The van der Waals surface area contributed by atoms with E-state index in [-0.39, 0.29) is 160 Å². The predicted molar refractivity (Wildman–Crippen MR) is 566 cm³/mol. The van der Waals surface area contributed by atoms with Gasteiger partial charge in [0.25, 0.3) is 0 Å². The molecule has 6 fully saturated rings. The molecule has 29 nitrogen and oxygen atoms in total. The van der Waals surface area contributed by atoms with Crippen molar-refractivity contribution < 1.29 is 76.6 Å². The average Bonchev–Trinajstić information content (AvgIpc) is 1.73. The molecule has 0 unspecified atom stereocenters. The number of hydrogen-bond donors (Lipinski definition) is 6. The molecular weight excluding hydrogens is 1850 g/mol. The van der Waals surface area contributed by atoms with Gasteiger partial charge in [0.05, 0.1) is 71.9 Å². The van der Waals surface area contributed by atoms with Crippen LogP contribution in [0.3, 0.4) is 0 Å². The summed E-state index contributed by atoms with van der Waals surface area (Å²) in [6, 6.07) is 44.6. The molecule has 6 saturated heterocycles. The average molecular weight is 1990 g/mol. The third kappa shape index (κ3) is 25.8. The fourth-order valence-electron chi connectivity index (χ4n) is 18.2. The van der Waals surface area contributed by atoms with E-state index in [1.165, 1.54) is 21.3 Å². The number of aliphatic carboxylic acids is 1. The number of carboxylic acid groups (broad SMARTS) is 1. The largest absolute Gasteiger partial charge is 0.480 e. The van der Waals surface area contributed by atoms with Gasteiger partial charge < -0.3 is 74.6 Å². The molecule has 0 aromatic heterocycles. The molecule has 10 aliphatic rings. The van der Waals surface area contributed by atoms with Crippen molar-refractivity contribution in [3.63, 3.8) is 0 Å². The lowest BCUT2D eigenvalue weighted by Crippen LogP contribution is -2.56. The number of alkyl carbamates (subject to hydrolysis) is 3. The Morgan fingerprint density at radius 1 is 0.400 bits per heavy atom. The molecule has 2 spiro atoms. The fourth-order valence-corrected chi connectivity index (χ4v) is 18.2. The van der Waals surface area contributed by atoms with Crippen LogP contribution in [0.5, 0.6) is 0 Å². The van der Waals surface area contributed by atoms with Crippen molar-refractivity contribution in [2.45, 2.75) is 212 Å². The highest BCUT2D eigenvalue weighted by atomic mass is 32.1. The molecule has 0 aliphatic carbocycles. The summed E-state index contributed by atoms with van der Waals surface area (Å²) in [5.74, 6) is -0.119. The molecule has 16 rings (SSSR count). The summed E-state index contributed by atoms with van der Waals surface area (Å²) in [6.45, 7) is 27.0. The Bertz CT molecular complexity index is 5390. The van der Waals surface area contributed by atoms with Gasteiger partial charge in [0, 0.05) is 85.3 Å². The van der Waals surface area contributed by atoms with E-state index in [4.69, 9.17) is 53.5 Å². The number of ether oxygens (including phenoxy) is 7. The van der Waals surface area contributed by atoms with E-state index in [0.717, 1.165) is 170 Å². The predicted octanol–water partition coefficient (Wildman–Crippen LogP) is 17.3. The number of amides is 7. The number of carbonyl (C=O) groups is 8. The van der Waals surface area contributed by atoms with Crippen LogP contribution in [-0.2, 0) is 58.6 Å². The van der Waals surface area contributed by atoms with Crippen LogP contribution in [0.1, 0.15) is 170 Å². The number of methoxy groups -OCH3 is 3. The minimum Gasteiger partial charge on any atom is -0.480 e. The minimum atomic E-state index is -1.06. The molecule has 7 amide bonds. The summed E-state index contributed by atoms with van der Waals surface area (Å²) in [5.41, 5.74) is 17.5. The van der Waals surface area contributed by atoms with Gasteiger partial charge in [-0.2, -0.15) is 94.5 Å². The number of nitrogens with zero attached hydrogens (tertiary/aromatic N) is 8. The van der Waals surface area contributed by atoms with Gasteiger partial charge in [0.1, 0.15) is 52.1 Å². The maximum atomic E-state index is 13.9. The molecule has 7 atom stereocenters. The van der Waals surface area contributed by atoms with Crippen molar-refractivity contribution in [3.05, 3.63) is 168 Å². The zero-order valence-electron chi connectivity index (χ0n) is 79.5. The second-order valence-corrected chi connectivity index (χ2v) is 37.5. The van der Waals surface area contributed by atoms with Crippen LogP contribution < -0.4 is 26.6 Å².